The zero-order chi connectivity index (χ0) is 7.98. The second kappa shape index (κ2) is 4.79. The quantitative estimate of drug-likeness (QED) is 0.332. The van der Waals surface area contributed by atoms with E-state index in [0.29, 0.717) is 12.5 Å². The lowest BCUT2D eigenvalue weighted by Crippen LogP contribution is -1.87. The fourth-order valence-corrected chi connectivity index (χ4v) is 0.492. The van der Waals surface area contributed by atoms with Crippen molar-refractivity contribution in [3.8, 4) is 0 Å². The molecule has 0 unspecified atom stereocenters. The molecule has 0 aliphatic carbocycles. The SMILES string of the molecule is C=N/C(=C\C(=C)C)OCC. The molecule has 0 fully saturated rings. The van der Waals surface area contributed by atoms with E-state index in [0.717, 1.165) is 5.57 Å². The van der Waals surface area contributed by atoms with E-state index in [1.165, 1.54) is 0 Å². The Balaban J connectivity index is 4.03. The van der Waals surface area contributed by atoms with Gasteiger partial charge in [0.15, 0.2) is 0 Å². The molecule has 2 heteroatoms. The summed E-state index contributed by atoms with van der Waals surface area (Å²) in [5.74, 6) is 0.537. The van der Waals surface area contributed by atoms with E-state index in [-0.39, 0.29) is 0 Å². The van der Waals surface area contributed by atoms with Crippen LogP contribution in [0, 0.1) is 0 Å². The van der Waals surface area contributed by atoms with Gasteiger partial charge in [0, 0.05) is 6.08 Å². The molecule has 0 aliphatic rings. The van der Waals surface area contributed by atoms with Crippen LogP contribution >= 0.6 is 0 Å². The minimum Gasteiger partial charge on any atom is -0.478 e. The molecule has 0 atom stereocenters. The van der Waals surface area contributed by atoms with E-state index < -0.39 is 0 Å². The van der Waals surface area contributed by atoms with Gasteiger partial charge >= 0.3 is 0 Å². The highest BCUT2D eigenvalue weighted by Crippen LogP contribution is 2.01. The van der Waals surface area contributed by atoms with E-state index in [4.69, 9.17) is 4.74 Å². The minimum absolute atomic E-state index is 0.537. The first-order valence-electron chi connectivity index (χ1n) is 3.17. The van der Waals surface area contributed by atoms with Crippen LogP contribution in [0.5, 0.6) is 0 Å². The summed E-state index contributed by atoms with van der Waals surface area (Å²) in [7, 11) is 0. The second-order valence-electron chi connectivity index (χ2n) is 1.92. The molecule has 0 aromatic carbocycles. The summed E-state index contributed by atoms with van der Waals surface area (Å²) >= 11 is 0. The Morgan fingerprint density at radius 3 is 2.60 bits per heavy atom. The molecule has 0 heterocycles. The van der Waals surface area contributed by atoms with Crippen LogP contribution in [0.4, 0.5) is 0 Å². The van der Waals surface area contributed by atoms with Gasteiger partial charge in [0.25, 0.3) is 0 Å². The standard InChI is InChI=1S/C8H13NO/c1-5-10-8(9-4)6-7(2)3/h6H,2,4-5H2,1,3H3/b8-6+. The first-order valence-corrected chi connectivity index (χ1v) is 3.17. The van der Waals surface area contributed by atoms with Crippen LogP contribution in [-0.2, 0) is 4.74 Å². The van der Waals surface area contributed by atoms with Crippen LogP contribution in [-0.4, -0.2) is 13.3 Å². The molecule has 0 saturated heterocycles. The second-order valence-corrected chi connectivity index (χ2v) is 1.92. The van der Waals surface area contributed by atoms with Crippen molar-refractivity contribution in [2.24, 2.45) is 4.99 Å². The summed E-state index contributed by atoms with van der Waals surface area (Å²) in [6.45, 7) is 11.4. The third-order valence-electron chi connectivity index (χ3n) is 0.818. The lowest BCUT2D eigenvalue weighted by molar-refractivity contribution is 0.227. The largest absolute Gasteiger partial charge is 0.478 e. The Morgan fingerprint density at radius 2 is 2.30 bits per heavy atom. The molecule has 0 saturated carbocycles. The van der Waals surface area contributed by atoms with Crippen molar-refractivity contribution in [2.75, 3.05) is 6.61 Å². The molecule has 0 radical (unpaired) electrons. The molecule has 10 heavy (non-hydrogen) atoms. The maximum absolute atomic E-state index is 5.07. The van der Waals surface area contributed by atoms with E-state index in [2.05, 4.69) is 18.3 Å². The van der Waals surface area contributed by atoms with E-state index in [1.54, 1.807) is 6.08 Å². The monoisotopic (exact) mass is 139 g/mol. The Bertz CT molecular complexity index is 159. The Hall–Kier alpha value is -1.05. The van der Waals surface area contributed by atoms with Gasteiger partial charge in [-0.25, -0.2) is 4.99 Å². The number of aliphatic imine (C=N–C) groups is 1. The number of rotatable bonds is 4. The Kier molecular flexibility index (Phi) is 4.29. The summed E-state index contributed by atoms with van der Waals surface area (Å²) in [5, 5.41) is 0. The zero-order valence-electron chi connectivity index (χ0n) is 6.55. The number of nitrogens with zero attached hydrogens (tertiary/aromatic N) is 1. The van der Waals surface area contributed by atoms with Crippen molar-refractivity contribution >= 4 is 6.72 Å². The maximum atomic E-state index is 5.07. The molecule has 0 N–H and O–H groups in total. The molecule has 0 aromatic rings. The van der Waals surface area contributed by atoms with Gasteiger partial charge in [0.2, 0.25) is 5.88 Å². The summed E-state index contributed by atoms with van der Waals surface area (Å²) in [6.07, 6.45) is 1.75. The predicted molar refractivity (Wildman–Crippen MR) is 44.1 cm³/mol. The Morgan fingerprint density at radius 1 is 1.70 bits per heavy atom. The lowest BCUT2D eigenvalue weighted by atomic mass is 10.3. The van der Waals surface area contributed by atoms with Crippen molar-refractivity contribution in [1.29, 1.82) is 0 Å². The van der Waals surface area contributed by atoms with Gasteiger partial charge in [-0.15, -0.1) is 0 Å². The minimum atomic E-state index is 0.537. The van der Waals surface area contributed by atoms with E-state index in [9.17, 15) is 0 Å². The number of ether oxygens (including phenoxy) is 1. The van der Waals surface area contributed by atoms with Gasteiger partial charge in [0.1, 0.15) is 0 Å². The number of hydrogen-bond acceptors (Lipinski definition) is 2. The third-order valence-corrected chi connectivity index (χ3v) is 0.818. The smallest absolute Gasteiger partial charge is 0.212 e. The van der Waals surface area contributed by atoms with Gasteiger partial charge in [-0.2, -0.15) is 0 Å². The van der Waals surface area contributed by atoms with Crippen LogP contribution in [0.2, 0.25) is 0 Å². The van der Waals surface area contributed by atoms with Gasteiger partial charge in [-0.3, -0.25) is 0 Å². The van der Waals surface area contributed by atoms with Crippen LogP contribution in [0.15, 0.2) is 29.1 Å². The summed E-state index contributed by atoms with van der Waals surface area (Å²) in [4.78, 5) is 3.65. The van der Waals surface area contributed by atoms with Gasteiger partial charge in [-0.05, 0) is 20.6 Å². The van der Waals surface area contributed by atoms with Gasteiger partial charge in [0.05, 0.1) is 6.61 Å². The van der Waals surface area contributed by atoms with Crippen molar-refractivity contribution in [3.63, 3.8) is 0 Å². The highest BCUT2D eigenvalue weighted by Gasteiger charge is 1.89. The molecule has 56 valence electrons. The van der Waals surface area contributed by atoms with Crippen molar-refractivity contribution in [2.45, 2.75) is 13.8 Å². The molecule has 0 rings (SSSR count). The summed E-state index contributed by atoms with van der Waals surface area (Å²) in [5.41, 5.74) is 0.913. The molecule has 0 amide bonds. The van der Waals surface area contributed by atoms with Gasteiger partial charge in [-0.1, -0.05) is 12.2 Å². The summed E-state index contributed by atoms with van der Waals surface area (Å²) in [6, 6.07) is 0. The predicted octanol–water partition coefficient (Wildman–Crippen LogP) is 2.14. The molecular weight excluding hydrogens is 126 g/mol. The van der Waals surface area contributed by atoms with Gasteiger partial charge < -0.3 is 4.74 Å². The first kappa shape index (κ1) is 8.95. The highest BCUT2D eigenvalue weighted by molar-refractivity contribution is 5.29. The van der Waals surface area contributed by atoms with E-state index >= 15 is 0 Å². The van der Waals surface area contributed by atoms with E-state index in [1.807, 2.05) is 13.8 Å². The van der Waals surface area contributed by atoms with Crippen LogP contribution < -0.4 is 0 Å². The normalized spacial score (nSPS) is 10.8. The molecule has 2 nitrogen and oxygen atoms in total. The number of hydrogen-bond donors (Lipinski definition) is 0. The molecule has 0 aliphatic heterocycles. The average molecular weight is 139 g/mol. The molecular formula is C8H13NO. The zero-order valence-corrected chi connectivity index (χ0v) is 6.55. The highest BCUT2D eigenvalue weighted by atomic mass is 16.5. The number of allylic oxidation sites excluding steroid dienone is 2. The molecule has 0 aromatic heterocycles. The average Bonchev–Trinajstić information content (AvgIpc) is 1.86. The van der Waals surface area contributed by atoms with Crippen molar-refractivity contribution in [1.82, 2.24) is 0 Å². The van der Waals surface area contributed by atoms with Crippen LogP contribution in [0.3, 0.4) is 0 Å². The topological polar surface area (TPSA) is 21.6 Å². The first-order chi connectivity index (χ1) is 4.70. The molecule has 0 bridgehead atoms. The fraction of sp³-hybridized carbons (Fsp3) is 0.375. The van der Waals surface area contributed by atoms with Crippen LogP contribution in [0.25, 0.3) is 0 Å². The summed E-state index contributed by atoms with van der Waals surface area (Å²) < 4.78 is 5.07. The van der Waals surface area contributed by atoms with Crippen LogP contribution in [0.1, 0.15) is 13.8 Å². The third kappa shape index (κ3) is 3.89. The lowest BCUT2D eigenvalue weighted by Gasteiger charge is -2.00. The fourth-order valence-electron chi connectivity index (χ4n) is 0.492. The molecule has 0 spiro atoms. The Labute approximate surface area is 61.9 Å². The maximum Gasteiger partial charge on any atom is 0.212 e. The van der Waals surface area contributed by atoms with Crippen molar-refractivity contribution < 1.29 is 4.74 Å². The van der Waals surface area contributed by atoms with Crippen molar-refractivity contribution in [3.05, 3.63) is 24.1 Å².